The molecule has 0 saturated carbocycles. The molecular weight excluding hydrogens is 350 g/mol. The van der Waals surface area contributed by atoms with Gasteiger partial charge >= 0.3 is 0 Å². The van der Waals surface area contributed by atoms with Gasteiger partial charge in [0, 0.05) is 10.5 Å². The van der Waals surface area contributed by atoms with Crippen molar-refractivity contribution in [2.75, 3.05) is 11.1 Å². The van der Waals surface area contributed by atoms with Crippen LogP contribution in [0.15, 0.2) is 70.2 Å². The third kappa shape index (κ3) is 4.73. The largest absolute Gasteiger partial charge is 0.444 e. The number of oxazole rings is 1. The van der Waals surface area contributed by atoms with Crippen LogP contribution < -0.4 is 11.1 Å². The van der Waals surface area contributed by atoms with E-state index in [-0.39, 0.29) is 18.1 Å². The number of rotatable bonds is 7. The number of carbonyl (C=O) groups excluding carboxylic acids is 2. The fraction of sp³-hybridized carbons (Fsp3) is 0.105. The Kier molecular flexibility index (Phi) is 5.70. The number of aromatic nitrogens is 1. The number of carbonyl (C=O) groups is 2. The highest BCUT2D eigenvalue weighted by Crippen LogP contribution is 2.27. The van der Waals surface area contributed by atoms with E-state index in [1.54, 1.807) is 6.07 Å². The second-order valence-corrected chi connectivity index (χ2v) is 6.50. The standard InChI is InChI=1S/C19H17N3O3S/c20-17(23)12-26-16-9-5-4-8-15(16)22-18(24)10-14-11-25-19(21-14)13-6-2-1-3-7-13/h1-9,11H,10,12H2,(H2,20,23)(H,22,24). The molecule has 2 aromatic carbocycles. The Morgan fingerprint density at radius 1 is 1.08 bits per heavy atom. The van der Waals surface area contributed by atoms with Crippen LogP contribution in [0.5, 0.6) is 0 Å². The van der Waals surface area contributed by atoms with Crippen molar-refractivity contribution >= 4 is 29.3 Å². The van der Waals surface area contributed by atoms with Crippen molar-refractivity contribution in [3.8, 4) is 11.5 Å². The van der Waals surface area contributed by atoms with Crippen molar-refractivity contribution < 1.29 is 14.0 Å². The highest BCUT2D eigenvalue weighted by atomic mass is 32.2. The zero-order valence-electron chi connectivity index (χ0n) is 13.8. The predicted octanol–water partition coefficient (Wildman–Crippen LogP) is 3.10. The Morgan fingerprint density at radius 2 is 1.81 bits per heavy atom. The summed E-state index contributed by atoms with van der Waals surface area (Å²) in [7, 11) is 0. The molecule has 132 valence electrons. The number of para-hydroxylation sites is 1. The van der Waals surface area contributed by atoms with Crippen LogP contribution in [0.3, 0.4) is 0 Å². The molecule has 0 aliphatic heterocycles. The summed E-state index contributed by atoms with van der Waals surface area (Å²) in [5.41, 5.74) is 7.21. The SMILES string of the molecule is NC(=O)CSc1ccccc1NC(=O)Cc1coc(-c2ccccc2)n1. The van der Waals surface area contributed by atoms with Crippen LogP contribution in [0.2, 0.25) is 0 Å². The van der Waals surface area contributed by atoms with Gasteiger partial charge in [-0.2, -0.15) is 0 Å². The lowest BCUT2D eigenvalue weighted by Crippen LogP contribution is -2.16. The molecular formula is C19H17N3O3S. The molecule has 0 aliphatic carbocycles. The highest BCUT2D eigenvalue weighted by molar-refractivity contribution is 8.00. The molecule has 0 atom stereocenters. The summed E-state index contributed by atoms with van der Waals surface area (Å²) in [6, 6.07) is 16.7. The molecule has 7 heteroatoms. The molecule has 0 saturated heterocycles. The first-order chi connectivity index (χ1) is 12.6. The minimum Gasteiger partial charge on any atom is -0.444 e. The fourth-order valence-corrected chi connectivity index (χ4v) is 3.05. The summed E-state index contributed by atoms with van der Waals surface area (Å²) >= 11 is 1.28. The maximum atomic E-state index is 12.3. The van der Waals surface area contributed by atoms with Crippen molar-refractivity contribution in [2.45, 2.75) is 11.3 Å². The molecule has 6 nitrogen and oxygen atoms in total. The van der Waals surface area contributed by atoms with E-state index in [0.29, 0.717) is 17.3 Å². The molecule has 1 aromatic heterocycles. The monoisotopic (exact) mass is 367 g/mol. The maximum absolute atomic E-state index is 12.3. The van der Waals surface area contributed by atoms with Crippen molar-refractivity contribution in [2.24, 2.45) is 5.73 Å². The molecule has 1 heterocycles. The van der Waals surface area contributed by atoms with E-state index in [9.17, 15) is 9.59 Å². The summed E-state index contributed by atoms with van der Waals surface area (Å²) in [5, 5.41) is 2.84. The van der Waals surface area contributed by atoms with E-state index < -0.39 is 5.91 Å². The fourth-order valence-electron chi connectivity index (χ4n) is 2.31. The third-order valence-corrected chi connectivity index (χ3v) is 4.54. The minimum atomic E-state index is -0.410. The molecule has 0 fully saturated rings. The number of anilines is 1. The van der Waals surface area contributed by atoms with Gasteiger partial charge in [-0.1, -0.05) is 30.3 Å². The number of benzene rings is 2. The number of amides is 2. The first kappa shape index (κ1) is 17.8. The molecule has 0 aliphatic rings. The van der Waals surface area contributed by atoms with Gasteiger partial charge in [-0.15, -0.1) is 11.8 Å². The molecule has 3 N–H and O–H groups in total. The Hall–Kier alpha value is -3.06. The van der Waals surface area contributed by atoms with Gasteiger partial charge in [0.05, 0.1) is 23.6 Å². The van der Waals surface area contributed by atoms with Gasteiger partial charge in [0.1, 0.15) is 6.26 Å². The number of nitrogens with zero attached hydrogens (tertiary/aromatic N) is 1. The quantitative estimate of drug-likeness (QED) is 0.625. The summed E-state index contributed by atoms with van der Waals surface area (Å²) in [4.78, 5) is 28.4. The number of thioether (sulfide) groups is 1. The van der Waals surface area contributed by atoms with Gasteiger partial charge < -0.3 is 15.5 Å². The normalized spacial score (nSPS) is 10.5. The lowest BCUT2D eigenvalue weighted by atomic mass is 10.2. The molecule has 0 unspecified atom stereocenters. The first-order valence-electron chi connectivity index (χ1n) is 7.91. The Bertz CT molecular complexity index is 909. The third-order valence-electron chi connectivity index (χ3n) is 3.45. The number of primary amides is 1. The molecule has 0 radical (unpaired) electrons. The highest BCUT2D eigenvalue weighted by Gasteiger charge is 2.12. The number of nitrogens with one attached hydrogen (secondary N) is 1. The smallest absolute Gasteiger partial charge is 0.230 e. The van der Waals surface area contributed by atoms with Crippen LogP contribution in [-0.4, -0.2) is 22.6 Å². The molecule has 3 rings (SSSR count). The Balaban J connectivity index is 1.65. The average molecular weight is 367 g/mol. The van der Waals surface area contributed by atoms with E-state index in [0.717, 1.165) is 10.5 Å². The van der Waals surface area contributed by atoms with Gasteiger partial charge in [0.2, 0.25) is 17.7 Å². The molecule has 0 bridgehead atoms. The number of hydrogen-bond acceptors (Lipinski definition) is 5. The average Bonchev–Trinajstić information content (AvgIpc) is 3.10. The Morgan fingerprint density at radius 3 is 2.58 bits per heavy atom. The number of hydrogen-bond donors (Lipinski definition) is 2. The van der Waals surface area contributed by atoms with E-state index in [4.69, 9.17) is 10.2 Å². The van der Waals surface area contributed by atoms with Gasteiger partial charge in [-0.05, 0) is 24.3 Å². The molecule has 26 heavy (non-hydrogen) atoms. The zero-order valence-corrected chi connectivity index (χ0v) is 14.7. The van der Waals surface area contributed by atoms with Crippen LogP contribution in [0.4, 0.5) is 5.69 Å². The van der Waals surface area contributed by atoms with Crippen LogP contribution >= 0.6 is 11.8 Å². The van der Waals surface area contributed by atoms with Crippen molar-refractivity contribution in [1.82, 2.24) is 4.98 Å². The van der Waals surface area contributed by atoms with Crippen LogP contribution in [0.1, 0.15) is 5.69 Å². The van der Waals surface area contributed by atoms with E-state index in [1.807, 2.05) is 48.5 Å². The molecule has 0 spiro atoms. The summed E-state index contributed by atoms with van der Waals surface area (Å²) in [5.74, 6) is -0.000572. The van der Waals surface area contributed by atoms with Gasteiger partial charge in [0.15, 0.2) is 0 Å². The lowest BCUT2D eigenvalue weighted by Gasteiger charge is -2.09. The minimum absolute atomic E-state index is 0.0884. The van der Waals surface area contributed by atoms with Crippen LogP contribution in [-0.2, 0) is 16.0 Å². The van der Waals surface area contributed by atoms with Crippen LogP contribution in [0.25, 0.3) is 11.5 Å². The number of nitrogens with two attached hydrogens (primary N) is 1. The van der Waals surface area contributed by atoms with Crippen LogP contribution in [0, 0.1) is 0 Å². The molecule has 3 aromatic rings. The predicted molar refractivity (Wildman–Crippen MR) is 101 cm³/mol. The summed E-state index contributed by atoms with van der Waals surface area (Å²) in [6.45, 7) is 0. The lowest BCUT2D eigenvalue weighted by molar-refractivity contribution is -0.116. The molecule has 2 amide bonds. The second kappa shape index (κ2) is 8.35. The van der Waals surface area contributed by atoms with Crippen molar-refractivity contribution in [1.29, 1.82) is 0 Å². The van der Waals surface area contributed by atoms with Crippen molar-refractivity contribution in [3.05, 3.63) is 66.6 Å². The van der Waals surface area contributed by atoms with E-state index in [1.165, 1.54) is 18.0 Å². The van der Waals surface area contributed by atoms with Crippen molar-refractivity contribution in [3.63, 3.8) is 0 Å². The topological polar surface area (TPSA) is 98.2 Å². The van der Waals surface area contributed by atoms with Gasteiger partial charge in [-0.3, -0.25) is 9.59 Å². The maximum Gasteiger partial charge on any atom is 0.230 e. The Labute approximate surface area is 154 Å². The second-order valence-electron chi connectivity index (χ2n) is 5.49. The first-order valence-corrected chi connectivity index (χ1v) is 8.90. The summed E-state index contributed by atoms with van der Waals surface area (Å²) < 4.78 is 5.44. The zero-order chi connectivity index (χ0) is 18.4. The summed E-state index contributed by atoms with van der Waals surface area (Å²) in [6.07, 6.45) is 1.57. The van der Waals surface area contributed by atoms with E-state index in [2.05, 4.69) is 10.3 Å². The van der Waals surface area contributed by atoms with Gasteiger partial charge in [-0.25, -0.2) is 4.98 Å². The van der Waals surface area contributed by atoms with E-state index >= 15 is 0 Å². The van der Waals surface area contributed by atoms with Gasteiger partial charge in [0.25, 0.3) is 0 Å².